The summed E-state index contributed by atoms with van der Waals surface area (Å²) >= 11 is 1.80. The highest BCUT2D eigenvalue weighted by molar-refractivity contribution is 7.99. The van der Waals surface area contributed by atoms with Crippen molar-refractivity contribution in [1.29, 1.82) is 0 Å². The predicted molar refractivity (Wildman–Crippen MR) is 80.9 cm³/mol. The maximum Gasteiger partial charge on any atom is 0.0569 e. The van der Waals surface area contributed by atoms with Gasteiger partial charge in [-0.15, -0.1) is 11.8 Å². The zero-order valence-electron chi connectivity index (χ0n) is 11.3. The minimum atomic E-state index is 0.110. The first-order valence-electron chi connectivity index (χ1n) is 6.27. The first kappa shape index (κ1) is 14.1. The van der Waals surface area contributed by atoms with Crippen molar-refractivity contribution in [2.45, 2.75) is 24.8 Å². The number of nitrogens with one attached hydrogen (secondary N) is 1. The highest BCUT2D eigenvalue weighted by atomic mass is 32.2. The van der Waals surface area contributed by atoms with E-state index in [1.807, 2.05) is 19.2 Å². The van der Waals surface area contributed by atoms with Gasteiger partial charge >= 0.3 is 0 Å². The summed E-state index contributed by atoms with van der Waals surface area (Å²) in [6, 6.07) is 12.7. The van der Waals surface area contributed by atoms with Gasteiger partial charge in [-0.3, -0.25) is 16.3 Å². The Morgan fingerprint density at radius 1 is 1.26 bits per heavy atom. The largest absolute Gasteiger partial charge is 0.271 e. The second kappa shape index (κ2) is 6.70. The van der Waals surface area contributed by atoms with Crippen molar-refractivity contribution in [3.63, 3.8) is 0 Å². The Bertz CT molecular complexity index is 525. The molecule has 4 heteroatoms. The van der Waals surface area contributed by atoms with Crippen LogP contribution in [0.3, 0.4) is 0 Å². The molecule has 0 radical (unpaired) electrons. The monoisotopic (exact) mass is 273 g/mol. The lowest BCUT2D eigenvalue weighted by molar-refractivity contribution is 0.608. The van der Waals surface area contributed by atoms with E-state index in [1.54, 1.807) is 11.8 Å². The lowest BCUT2D eigenvalue weighted by Crippen LogP contribution is -2.29. The zero-order chi connectivity index (χ0) is 13.7. The van der Waals surface area contributed by atoms with Crippen LogP contribution in [0, 0.1) is 13.8 Å². The fourth-order valence-electron chi connectivity index (χ4n) is 1.81. The summed E-state index contributed by atoms with van der Waals surface area (Å²) < 4.78 is 0. The molecule has 1 aromatic heterocycles. The van der Waals surface area contributed by atoms with E-state index in [0.29, 0.717) is 0 Å². The number of thioether (sulfide) groups is 1. The maximum absolute atomic E-state index is 5.65. The number of nitrogens with zero attached hydrogens (tertiary/aromatic N) is 1. The van der Waals surface area contributed by atoms with Gasteiger partial charge in [0.25, 0.3) is 0 Å². The number of rotatable bonds is 5. The average Bonchev–Trinajstić information content (AvgIpc) is 2.41. The third-order valence-corrected chi connectivity index (χ3v) is 4.03. The maximum atomic E-state index is 5.65. The van der Waals surface area contributed by atoms with Gasteiger partial charge in [0.15, 0.2) is 0 Å². The highest BCUT2D eigenvalue weighted by Crippen LogP contribution is 2.24. The topological polar surface area (TPSA) is 50.9 Å². The van der Waals surface area contributed by atoms with Crippen LogP contribution < -0.4 is 11.3 Å². The molecule has 1 heterocycles. The molecule has 0 bridgehead atoms. The van der Waals surface area contributed by atoms with Crippen molar-refractivity contribution in [2.75, 3.05) is 5.75 Å². The van der Waals surface area contributed by atoms with Crippen molar-refractivity contribution in [2.24, 2.45) is 5.84 Å². The van der Waals surface area contributed by atoms with E-state index in [9.17, 15) is 0 Å². The molecule has 3 N–H and O–H groups in total. The van der Waals surface area contributed by atoms with Crippen molar-refractivity contribution in [3.8, 4) is 0 Å². The van der Waals surface area contributed by atoms with Crippen molar-refractivity contribution in [1.82, 2.24) is 10.4 Å². The number of benzene rings is 1. The first-order chi connectivity index (χ1) is 9.19. The van der Waals surface area contributed by atoms with Gasteiger partial charge in [-0.2, -0.15) is 0 Å². The Morgan fingerprint density at radius 3 is 2.74 bits per heavy atom. The number of hydrogen-bond donors (Lipinski definition) is 2. The Balaban J connectivity index is 2.01. The predicted octanol–water partition coefficient (Wildman–Crippen LogP) is 3.00. The third kappa shape index (κ3) is 4.06. The number of aromatic nitrogens is 1. The third-order valence-electron chi connectivity index (χ3n) is 2.94. The second-order valence-corrected chi connectivity index (χ2v) is 5.67. The smallest absolute Gasteiger partial charge is 0.0569 e. The van der Waals surface area contributed by atoms with Crippen LogP contribution in [0.25, 0.3) is 0 Å². The van der Waals surface area contributed by atoms with E-state index in [4.69, 9.17) is 5.84 Å². The van der Waals surface area contributed by atoms with Crippen LogP contribution in [-0.2, 0) is 0 Å². The lowest BCUT2D eigenvalue weighted by Gasteiger charge is -2.15. The molecule has 1 aromatic carbocycles. The lowest BCUT2D eigenvalue weighted by atomic mass is 10.1. The molecular weight excluding hydrogens is 254 g/mol. The molecule has 19 heavy (non-hydrogen) atoms. The summed E-state index contributed by atoms with van der Waals surface area (Å²) in [5, 5.41) is 0. The van der Waals surface area contributed by atoms with Gasteiger partial charge in [0.1, 0.15) is 0 Å². The van der Waals surface area contributed by atoms with Gasteiger partial charge in [-0.1, -0.05) is 23.8 Å². The van der Waals surface area contributed by atoms with E-state index in [0.717, 1.165) is 17.0 Å². The molecular formula is C15H19N3S. The van der Waals surface area contributed by atoms with Gasteiger partial charge < -0.3 is 0 Å². The van der Waals surface area contributed by atoms with E-state index in [2.05, 4.69) is 47.7 Å². The zero-order valence-corrected chi connectivity index (χ0v) is 12.1. The van der Waals surface area contributed by atoms with Crippen LogP contribution in [0.4, 0.5) is 0 Å². The van der Waals surface area contributed by atoms with Crippen LogP contribution in [0.15, 0.2) is 47.5 Å². The molecule has 3 nitrogen and oxygen atoms in total. The van der Waals surface area contributed by atoms with Gasteiger partial charge in [0, 0.05) is 22.5 Å². The van der Waals surface area contributed by atoms with E-state index >= 15 is 0 Å². The van der Waals surface area contributed by atoms with Gasteiger partial charge in [0.05, 0.1) is 6.04 Å². The molecule has 2 aromatic rings. The molecule has 0 aliphatic rings. The number of hydrazine groups is 1. The van der Waals surface area contributed by atoms with Crippen LogP contribution in [0.1, 0.15) is 22.9 Å². The van der Waals surface area contributed by atoms with Gasteiger partial charge in [-0.25, -0.2) is 0 Å². The summed E-state index contributed by atoms with van der Waals surface area (Å²) in [5.74, 6) is 6.53. The summed E-state index contributed by atoms with van der Waals surface area (Å²) in [4.78, 5) is 5.58. The summed E-state index contributed by atoms with van der Waals surface area (Å²) in [6.45, 7) is 4.09. The minimum Gasteiger partial charge on any atom is -0.271 e. The van der Waals surface area contributed by atoms with E-state index in [1.165, 1.54) is 10.5 Å². The van der Waals surface area contributed by atoms with Crippen LogP contribution in [-0.4, -0.2) is 10.7 Å². The molecule has 0 aliphatic carbocycles. The molecule has 1 unspecified atom stereocenters. The second-order valence-electron chi connectivity index (χ2n) is 4.58. The Hall–Kier alpha value is -1.36. The highest BCUT2D eigenvalue weighted by Gasteiger charge is 2.10. The minimum absolute atomic E-state index is 0.110. The Labute approximate surface area is 118 Å². The van der Waals surface area contributed by atoms with Crippen molar-refractivity contribution < 1.29 is 0 Å². The quantitative estimate of drug-likeness (QED) is 0.499. The van der Waals surface area contributed by atoms with E-state index < -0.39 is 0 Å². The molecule has 0 saturated heterocycles. The fourth-order valence-corrected chi connectivity index (χ4v) is 2.90. The SMILES string of the molecule is Cc1cccc(SCC(NN)c2ccc(C)nc2)c1. The molecule has 0 spiro atoms. The first-order valence-corrected chi connectivity index (χ1v) is 7.26. The van der Waals surface area contributed by atoms with E-state index in [-0.39, 0.29) is 6.04 Å². The number of hydrogen-bond acceptors (Lipinski definition) is 4. The summed E-state index contributed by atoms with van der Waals surface area (Å²) in [5.41, 5.74) is 6.28. The Morgan fingerprint density at radius 2 is 2.11 bits per heavy atom. The summed E-state index contributed by atoms with van der Waals surface area (Å²) in [6.07, 6.45) is 1.89. The summed E-state index contributed by atoms with van der Waals surface area (Å²) in [7, 11) is 0. The normalized spacial score (nSPS) is 12.4. The molecule has 1 atom stereocenters. The van der Waals surface area contributed by atoms with Crippen LogP contribution in [0.5, 0.6) is 0 Å². The number of nitrogens with two attached hydrogens (primary N) is 1. The van der Waals surface area contributed by atoms with Crippen LogP contribution in [0.2, 0.25) is 0 Å². The molecule has 2 rings (SSSR count). The van der Waals surface area contributed by atoms with Crippen molar-refractivity contribution in [3.05, 3.63) is 59.4 Å². The average molecular weight is 273 g/mol. The standard InChI is InChI=1S/C15H19N3S/c1-11-4-3-5-14(8-11)19-10-15(18-16)13-7-6-12(2)17-9-13/h3-9,15,18H,10,16H2,1-2H3. The van der Waals surface area contributed by atoms with Crippen molar-refractivity contribution >= 4 is 11.8 Å². The van der Waals surface area contributed by atoms with Gasteiger partial charge in [0.2, 0.25) is 0 Å². The molecule has 0 saturated carbocycles. The fraction of sp³-hybridized carbons (Fsp3) is 0.267. The molecule has 0 aliphatic heterocycles. The molecule has 100 valence electrons. The molecule has 0 fully saturated rings. The number of aryl methyl sites for hydroxylation is 2. The van der Waals surface area contributed by atoms with Gasteiger partial charge in [-0.05, 0) is 37.6 Å². The molecule has 0 amide bonds. The Kier molecular flexibility index (Phi) is 4.96. The van der Waals surface area contributed by atoms with Crippen LogP contribution >= 0.6 is 11.8 Å². The number of pyridine rings is 1.